The predicted octanol–water partition coefficient (Wildman–Crippen LogP) is -0.0166. The average molecular weight is 252 g/mol. The molecule has 0 aliphatic rings. The highest BCUT2D eigenvalue weighted by Crippen LogP contribution is 2.05. The molecule has 0 radical (unpaired) electrons. The summed E-state index contributed by atoms with van der Waals surface area (Å²) in [7, 11) is 0. The summed E-state index contributed by atoms with van der Waals surface area (Å²) in [6.45, 7) is 2.04. The lowest BCUT2D eigenvalue weighted by Crippen LogP contribution is -2.08. The van der Waals surface area contributed by atoms with E-state index in [1.54, 1.807) is 13.0 Å². The predicted molar refractivity (Wildman–Crippen MR) is 57.5 cm³/mol. The second-order valence-corrected chi connectivity index (χ2v) is 3.42. The highest BCUT2D eigenvalue weighted by molar-refractivity contribution is 5.86. The maximum atomic E-state index is 11.4. The van der Waals surface area contributed by atoms with Crippen molar-refractivity contribution in [2.24, 2.45) is 0 Å². The van der Waals surface area contributed by atoms with Crippen LogP contribution in [-0.4, -0.2) is 37.8 Å². The van der Waals surface area contributed by atoms with Crippen molar-refractivity contribution in [3.8, 4) is 0 Å². The van der Waals surface area contributed by atoms with Crippen LogP contribution in [0.1, 0.15) is 28.9 Å². The first kappa shape index (κ1) is 12.2. The maximum absolute atomic E-state index is 11.4. The van der Waals surface area contributed by atoms with Crippen molar-refractivity contribution in [3.05, 3.63) is 29.4 Å². The summed E-state index contributed by atoms with van der Waals surface area (Å²) in [5.74, 6) is -0.150. The number of aliphatic hydroxyl groups excluding tert-OH is 1. The summed E-state index contributed by atoms with van der Waals surface area (Å²) < 4.78 is 9.61. The summed E-state index contributed by atoms with van der Waals surface area (Å²) in [6, 6.07) is 1.59. The topological polar surface area (TPSA) is 103 Å². The molecule has 1 N–H and O–H groups in total. The molecule has 2 rings (SSSR count). The monoisotopic (exact) mass is 252 g/mol. The molecule has 18 heavy (non-hydrogen) atoms. The van der Waals surface area contributed by atoms with Gasteiger partial charge in [0.15, 0.2) is 11.5 Å². The third kappa shape index (κ3) is 2.72. The highest BCUT2D eigenvalue weighted by Gasteiger charge is 2.12. The number of nitrogens with zero attached hydrogens (tertiary/aromatic N) is 4. The van der Waals surface area contributed by atoms with Gasteiger partial charge >= 0.3 is 5.97 Å². The van der Waals surface area contributed by atoms with E-state index in [0.29, 0.717) is 11.5 Å². The number of esters is 1. The van der Waals surface area contributed by atoms with Crippen molar-refractivity contribution in [2.45, 2.75) is 20.1 Å². The minimum atomic E-state index is -0.514. The number of carbonyl (C=O) groups excluding carboxylic acids is 1. The molecule has 0 amide bonds. The van der Waals surface area contributed by atoms with Crippen LogP contribution in [-0.2, 0) is 17.9 Å². The number of aliphatic hydroxyl groups is 1. The quantitative estimate of drug-likeness (QED) is 0.746. The molecule has 2 aromatic rings. The first-order valence-corrected chi connectivity index (χ1v) is 5.35. The number of ether oxygens (including phenoxy) is 1. The Kier molecular flexibility index (Phi) is 3.68. The van der Waals surface area contributed by atoms with E-state index >= 15 is 0 Å². The number of aromatic nitrogens is 4. The molecule has 8 heteroatoms. The molecule has 0 unspecified atom stereocenters. The SMILES string of the molecule is CCOC(=O)c1cnn(Cc2cc(CO)on2)n1. The first-order valence-electron chi connectivity index (χ1n) is 5.35. The van der Waals surface area contributed by atoms with Gasteiger partial charge in [-0.1, -0.05) is 5.16 Å². The van der Waals surface area contributed by atoms with E-state index in [2.05, 4.69) is 15.4 Å². The van der Waals surface area contributed by atoms with Crippen molar-refractivity contribution in [3.63, 3.8) is 0 Å². The van der Waals surface area contributed by atoms with E-state index in [4.69, 9.17) is 14.4 Å². The van der Waals surface area contributed by atoms with Gasteiger partial charge in [0, 0.05) is 6.07 Å². The Labute approximate surface area is 102 Å². The average Bonchev–Trinajstić information content (AvgIpc) is 2.99. The van der Waals surface area contributed by atoms with Gasteiger partial charge in [0.2, 0.25) is 0 Å². The molecule has 96 valence electrons. The Hall–Kier alpha value is -2.22. The fourth-order valence-electron chi connectivity index (χ4n) is 1.32. The van der Waals surface area contributed by atoms with E-state index in [1.165, 1.54) is 11.0 Å². The van der Waals surface area contributed by atoms with Crippen molar-refractivity contribution in [1.82, 2.24) is 20.2 Å². The summed E-state index contributed by atoms with van der Waals surface area (Å²) in [6.07, 6.45) is 1.32. The second-order valence-electron chi connectivity index (χ2n) is 3.42. The van der Waals surface area contributed by atoms with Crippen LogP contribution in [0.3, 0.4) is 0 Å². The van der Waals surface area contributed by atoms with Crippen LogP contribution < -0.4 is 0 Å². The second kappa shape index (κ2) is 5.41. The minimum absolute atomic E-state index is 0.141. The van der Waals surface area contributed by atoms with Gasteiger partial charge in [0.1, 0.15) is 18.8 Å². The fourth-order valence-corrected chi connectivity index (χ4v) is 1.32. The van der Waals surface area contributed by atoms with Gasteiger partial charge in [-0.3, -0.25) is 0 Å². The van der Waals surface area contributed by atoms with Gasteiger partial charge in [0.05, 0.1) is 12.8 Å². The fraction of sp³-hybridized carbons (Fsp3) is 0.400. The van der Waals surface area contributed by atoms with Crippen molar-refractivity contribution in [1.29, 1.82) is 0 Å². The van der Waals surface area contributed by atoms with E-state index in [-0.39, 0.29) is 25.5 Å². The van der Waals surface area contributed by atoms with Gasteiger partial charge in [-0.2, -0.15) is 9.90 Å². The van der Waals surface area contributed by atoms with Crippen LogP contribution in [0, 0.1) is 0 Å². The Morgan fingerprint density at radius 3 is 3.11 bits per heavy atom. The first-order chi connectivity index (χ1) is 8.72. The molecular formula is C10H12N4O4. The van der Waals surface area contributed by atoms with Crippen molar-refractivity contribution >= 4 is 5.97 Å². The zero-order valence-electron chi connectivity index (χ0n) is 9.74. The number of hydrogen-bond donors (Lipinski definition) is 1. The van der Waals surface area contributed by atoms with Crippen LogP contribution in [0.4, 0.5) is 0 Å². The van der Waals surface area contributed by atoms with Crippen LogP contribution in [0.2, 0.25) is 0 Å². The van der Waals surface area contributed by atoms with Gasteiger partial charge < -0.3 is 14.4 Å². The Bertz CT molecular complexity index is 533. The number of rotatable bonds is 5. The Balaban J connectivity index is 2.04. The van der Waals surface area contributed by atoms with Gasteiger partial charge in [-0.25, -0.2) is 4.79 Å². The lowest BCUT2D eigenvalue weighted by molar-refractivity contribution is 0.0518. The van der Waals surface area contributed by atoms with Crippen LogP contribution >= 0.6 is 0 Å². The summed E-state index contributed by atoms with van der Waals surface area (Å²) >= 11 is 0. The van der Waals surface area contributed by atoms with Crippen molar-refractivity contribution in [2.75, 3.05) is 6.61 Å². The molecule has 0 aromatic carbocycles. The van der Waals surface area contributed by atoms with Crippen molar-refractivity contribution < 1.29 is 19.2 Å². The van der Waals surface area contributed by atoms with E-state index in [0.717, 1.165) is 0 Å². The van der Waals surface area contributed by atoms with E-state index in [1.807, 2.05) is 0 Å². The summed E-state index contributed by atoms with van der Waals surface area (Å²) in [5.41, 5.74) is 0.702. The Morgan fingerprint density at radius 2 is 2.44 bits per heavy atom. The molecule has 2 heterocycles. The molecule has 0 atom stereocenters. The highest BCUT2D eigenvalue weighted by atomic mass is 16.5. The molecule has 8 nitrogen and oxygen atoms in total. The molecular weight excluding hydrogens is 240 g/mol. The molecule has 0 aliphatic carbocycles. The minimum Gasteiger partial charge on any atom is -0.461 e. The lowest BCUT2D eigenvalue weighted by Gasteiger charge is -1.96. The smallest absolute Gasteiger partial charge is 0.360 e. The van der Waals surface area contributed by atoms with E-state index in [9.17, 15) is 4.79 Å². The zero-order valence-corrected chi connectivity index (χ0v) is 9.74. The summed E-state index contributed by atoms with van der Waals surface area (Å²) in [4.78, 5) is 12.7. The molecule has 0 bridgehead atoms. The van der Waals surface area contributed by atoms with Crippen LogP contribution in [0.25, 0.3) is 0 Å². The van der Waals surface area contributed by atoms with Gasteiger partial charge in [-0.05, 0) is 6.92 Å². The van der Waals surface area contributed by atoms with Gasteiger partial charge in [0.25, 0.3) is 0 Å². The standard InChI is InChI=1S/C10H12N4O4/c1-2-17-10(16)9-4-11-14(12-9)5-7-3-8(6-15)18-13-7/h3-4,15H,2,5-6H2,1H3. The van der Waals surface area contributed by atoms with Crippen LogP contribution in [0.15, 0.2) is 16.8 Å². The molecule has 0 aliphatic heterocycles. The maximum Gasteiger partial charge on any atom is 0.360 e. The molecule has 0 spiro atoms. The molecule has 0 saturated carbocycles. The van der Waals surface area contributed by atoms with E-state index < -0.39 is 5.97 Å². The Morgan fingerprint density at radius 1 is 1.61 bits per heavy atom. The molecule has 0 saturated heterocycles. The normalized spacial score (nSPS) is 10.6. The molecule has 2 aromatic heterocycles. The molecule has 0 fully saturated rings. The third-order valence-electron chi connectivity index (χ3n) is 2.09. The third-order valence-corrected chi connectivity index (χ3v) is 2.09. The zero-order chi connectivity index (χ0) is 13.0. The van der Waals surface area contributed by atoms with Crippen LogP contribution in [0.5, 0.6) is 0 Å². The number of carbonyl (C=O) groups is 1. The van der Waals surface area contributed by atoms with Gasteiger partial charge in [-0.15, -0.1) is 5.10 Å². The summed E-state index contributed by atoms with van der Waals surface area (Å²) in [5, 5.41) is 20.4. The largest absolute Gasteiger partial charge is 0.461 e. The lowest BCUT2D eigenvalue weighted by atomic mass is 10.4. The number of hydrogen-bond acceptors (Lipinski definition) is 7.